The zero-order chi connectivity index (χ0) is 12.7. The highest BCUT2D eigenvalue weighted by Crippen LogP contribution is 2.18. The summed E-state index contributed by atoms with van der Waals surface area (Å²) in [5.41, 5.74) is 1.63. The summed E-state index contributed by atoms with van der Waals surface area (Å²) in [5.74, 6) is 0.530. The van der Waals surface area contributed by atoms with Crippen molar-refractivity contribution >= 4 is 12.1 Å². The van der Waals surface area contributed by atoms with Crippen molar-refractivity contribution in [1.29, 1.82) is 0 Å². The average molecular weight is 244 g/mol. The zero-order valence-corrected chi connectivity index (χ0v) is 9.51. The van der Waals surface area contributed by atoms with Gasteiger partial charge in [0.25, 0.3) is 5.78 Å². The number of hydrogen-bond donors (Lipinski definition) is 1. The number of nitrogens with one attached hydrogen (secondary N) is 1. The Morgan fingerprint density at radius 2 is 2.22 bits per heavy atom. The molecule has 0 atom stereocenters. The average Bonchev–Trinajstić information content (AvgIpc) is 2.85. The molecular formula is C12H9FN4O. The first-order valence-corrected chi connectivity index (χ1v) is 5.35. The van der Waals surface area contributed by atoms with Crippen LogP contribution in [0.25, 0.3) is 17.2 Å². The van der Waals surface area contributed by atoms with Gasteiger partial charge >= 0.3 is 0 Å². The van der Waals surface area contributed by atoms with Crippen molar-refractivity contribution in [3.8, 4) is 11.4 Å². The molecule has 1 N–H and O–H groups in total. The molecule has 0 aliphatic rings. The number of aryl methyl sites for hydroxylation is 1. The molecule has 0 radical (unpaired) electrons. The van der Waals surface area contributed by atoms with Crippen molar-refractivity contribution in [2.45, 2.75) is 6.92 Å². The molecule has 0 saturated carbocycles. The first-order chi connectivity index (χ1) is 8.69. The zero-order valence-electron chi connectivity index (χ0n) is 9.51. The van der Waals surface area contributed by atoms with Crippen LogP contribution in [0.4, 0.5) is 4.39 Å². The van der Waals surface area contributed by atoms with E-state index in [0.717, 1.165) is 0 Å². The number of aldehydes is 1. The fraction of sp³-hybridized carbons (Fsp3) is 0.0833. The minimum absolute atomic E-state index is 0.340. The maximum atomic E-state index is 13.1. The Balaban J connectivity index is 2.20. The molecule has 2 heterocycles. The Kier molecular flexibility index (Phi) is 2.22. The number of fused-ring (bicyclic) bond motifs is 1. The molecule has 0 aliphatic carbocycles. The summed E-state index contributed by atoms with van der Waals surface area (Å²) in [6, 6.07) is 6.06. The smallest absolute Gasteiger partial charge is 0.251 e. The first-order valence-electron chi connectivity index (χ1n) is 5.35. The molecule has 0 bridgehead atoms. The third kappa shape index (κ3) is 1.50. The van der Waals surface area contributed by atoms with Crippen LogP contribution >= 0.6 is 0 Å². The number of halogens is 1. The Labute approximate surface area is 101 Å². The number of H-pyrrole nitrogens is 1. The Bertz CT molecular complexity index is 744. The van der Waals surface area contributed by atoms with Gasteiger partial charge in [0, 0.05) is 5.56 Å². The second-order valence-corrected chi connectivity index (χ2v) is 3.92. The van der Waals surface area contributed by atoms with Gasteiger partial charge in [0.15, 0.2) is 12.1 Å². The molecule has 2 aromatic heterocycles. The van der Waals surface area contributed by atoms with E-state index < -0.39 is 0 Å². The Morgan fingerprint density at radius 3 is 2.94 bits per heavy atom. The molecule has 90 valence electrons. The van der Waals surface area contributed by atoms with Gasteiger partial charge in [-0.05, 0) is 19.1 Å². The van der Waals surface area contributed by atoms with Crippen molar-refractivity contribution in [1.82, 2.24) is 19.6 Å². The van der Waals surface area contributed by atoms with E-state index in [2.05, 4.69) is 15.1 Å². The van der Waals surface area contributed by atoms with Gasteiger partial charge in [-0.2, -0.15) is 4.98 Å². The van der Waals surface area contributed by atoms with Gasteiger partial charge in [-0.15, -0.1) is 0 Å². The van der Waals surface area contributed by atoms with E-state index in [4.69, 9.17) is 0 Å². The van der Waals surface area contributed by atoms with E-state index >= 15 is 0 Å². The molecule has 18 heavy (non-hydrogen) atoms. The number of carbonyl (C=O) groups is 1. The van der Waals surface area contributed by atoms with E-state index in [1.165, 1.54) is 16.6 Å². The van der Waals surface area contributed by atoms with E-state index in [1.807, 2.05) is 0 Å². The van der Waals surface area contributed by atoms with E-state index in [1.54, 1.807) is 19.1 Å². The van der Waals surface area contributed by atoms with Crippen molar-refractivity contribution in [3.05, 3.63) is 41.5 Å². The number of imidazole rings is 1. The molecule has 1 aromatic carbocycles. The number of hydrogen-bond acceptors (Lipinski definition) is 3. The van der Waals surface area contributed by atoms with E-state index in [9.17, 15) is 9.18 Å². The highest BCUT2D eigenvalue weighted by atomic mass is 19.1. The van der Waals surface area contributed by atoms with Crippen molar-refractivity contribution < 1.29 is 9.18 Å². The number of rotatable bonds is 2. The van der Waals surface area contributed by atoms with Crippen molar-refractivity contribution in [2.24, 2.45) is 0 Å². The van der Waals surface area contributed by atoms with Crippen LogP contribution in [0.5, 0.6) is 0 Å². The SMILES string of the molecule is Cc1nc2nc(-c3cccc(F)c3)[nH]n2c1C=O. The van der Waals surface area contributed by atoms with Gasteiger partial charge in [0.2, 0.25) is 0 Å². The van der Waals surface area contributed by atoms with Crippen LogP contribution in [-0.4, -0.2) is 25.9 Å². The molecule has 0 aliphatic heterocycles. The molecule has 0 spiro atoms. The van der Waals surface area contributed by atoms with Crippen LogP contribution in [0.3, 0.4) is 0 Å². The first kappa shape index (κ1) is 10.6. The number of aromatic amines is 1. The second-order valence-electron chi connectivity index (χ2n) is 3.92. The molecule has 5 nitrogen and oxygen atoms in total. The third-order valence-electron chi connectivity index (χ3n) is 2.72. The second kappa shape index (κ2) is 3.76. The largest absolute Gasteiger partial charge is 0.296 e. The number of benzene rings is 1. The highest BCUT2D eigenvalue weighted by molar-refractivity contribution is 5.75. The lowest BCUT2D eigenvalue weighted by atomic mass is 10.2. The number of aromatic nitrogens is 4. The predicted molar refractivity (Wildman–Crippen MR) is 62.9 cm³/mol. The lowest BCUT2D eigenvalue weighted by Crippen LogP contribution is -1.93. The summed E-state index contributed by atoms with van der Waals surface area (Å²) in [6.07, 6.45) is 0.711. The third-order valence-corrected chi connectivity index (χ3v) is 2.72. The minimum atomic E-state index is -0.340. The Hall–Kier alpha value is -2.50. The summed E-state index contributed by atoms with van der Waals surface area (Å²) in [4.78, 5) is 19.3. The summed E-state index contributed by atoms with van der Waals surface area (Å²) in [6.45, 7) is 1.73. The summed E-state index contributed by atoms with van der Waals surface area (Å²) < 4.78 is 14.6. The monoisotopic (exact) mass is 244 g/mol. The van der Waals surface area contributed by atoms with Crippen LogP contribution in [-0.2, 0) is 0 Å². The summed E-state index contributed by atoms with van der Waals surface area (Å²) in [5, 5.41) is 2.92. The van der Waals surface area contributed by atoms with E-state index in [0.29, 0.717) is 34.8 Å². The van der Waals surface area contributed by atoms with Crippen LogP contribution in [0, 0.1) is 12.7 Å². The van der Waals surface area contributed by atoms with Gasteiger partial charge in [-0.1, -0.05) is 12.1 Å². The molecule has 0 fully saturated rings. The lowest BCUT2D eigenvalue weighted by Gasteiger charge is -1.96. The van der Waals surface area contributed by atoms with E-state index in [-0.39, 0.29) is 5.82 Å². The fourth-order valence-corrected chi connectivity index (χ4v) is 1.85. The quantitative estimate of drug-likeness (QED) is 0.701. The van der Waals surface area contributed by atoms with Crippen LogP contribution < -0.4 is 0 Å². The molecule has 3 rings (SSSR count). The molecular weight excluding hydrogens is 235 g/mol. The minimum Gasteiger partial charge on any atom is -0.296 e. The number of nitrogens with zero attached hydrogens (tertiary/aromatic N) is 3. The van der Waals surface area contributed by atoms with Gasteiger partial charge < -0.3 is 0 Å². The Morgan fingerprint density at radius 1 is 1.39 bits per heavy atom. The maximum absolute atomic E-state index is 13.1. The fourth-order valence-electron chi connectivity index (χ4n) is 1.85. The van der Waals surface area contributed by atoms with Gasteiger partial charge in [0.05, 0.1) is 5.69 Å². The molecule has 3 aromatic rings. The summed E-state index contributed by atoms with van der Waals surface area (Å²) in [7, 11) is 0. The van der Waals surface area contributed by atoms with Gasteiger partial charge in [-0.25, -0.2) is 13.9 Å². The highest BCUT2D eigenvalue weighted by Gasteiger charge is 2.13. The number of carbonyl (C=O) groups excluding carboxylic acids is 1. The van der Waals surface area contributed by atoms with Crippen molar-refractivity contribution in [2.75, 3.05) is 0 Å². The standard InChI is InChI=1S/C12H9FN4O/c1-7-10(6-18)17-12(14-7)15-11(16-17)8-3-2-4-9(13)5-8/h2-6H,1H3,(H,14,15,16). The van der Waals surface area contributed by atoms with Crippen LogP contribution in [0.1, 0.15) is 16.2 Å². The topological polar surface area (TPSA) is 63.1 Å². The van der Waals surface area contributed by atoms with Gasteiger partial charge in [-0.3, -0.25) is 9.89 Å². The maximum Gasteiger partial charge on any atom is 0.251 e. The van der Waals surface area contributed by atoms with Crippen molar-refractivity contribution in [3.63, 3.8) is 0 Å². The molecule has 0 unspecified atom stereocenters. The lowest BCUT2D eigenvalue weighted by molar-refractivity contribution is 0.111. The molecule has 6 heteroatoms. The molecule has 0 amide bonds. The predicted octanol–water partition coefficient (Wildman–Crippen LogP) is 1.98. The normalized spacial score (nSPS) is 11.0. The van der Waals surface area contributed by atoms with Gasteiger partial charge in [0.1, 0.15) is 11.5 Å². The van der Waals surface area contributed by atoms with Crippen LogP contribution in [0.2, 0.25) is 0 Å². The van der Waals surface area contributed by atoms with Crippen LogP contribution in [0.15, 0.2) is 24.3 Å². The summed E-state index contributed by atoms with van der Waals surface area (Å²) >= 11 is 0. The molecule has 0 saturated heterocycles.